The normalized spacial score (nSPS) is 15.8. The molecule has 0 unspecified atom stereocenters. The predicted molar refractivity (Wildman–Crippen MR) is 78.6 cm³/mol. The molecule has 0 aromatic rings. The third kappa shape index (κ3) is 4.74. The van der Waals surface area contributed by atoms with Gasteiger partial charge in [-0.2, -0.15) is 4.99 Å². The summed E-state index contributed by atoms with van der Waals surface area (Å²) in [6.07, 6.45) is 3.84. The Balaban J connectivity index is 2.61. The number of carbonyl (C=O) groups is 2. The van der Waals surface area contributed by atoms with Crippen molar-refractivity contribution in [3.8, 4) is 0 Å². The van der Waals surface area contributed by atoms with Crippen LogP contribution in [0.5, 0.6) is 0 Å². The molecular formula is C12H22N4O2S. The quantitative estimate of drug-likeness (QED) is 0.592. The molecular weight excluding hydrogens is 264 g/mol. The Morgan fingerprint density at radius 3 is 2.37 bits per heavy atom. The molecule has 6 nitrogen and oxygen atoms in total. The number of hydrogen-bond acceptors (Lipinski definition) is 3. The van der Waals surface area contributed by atoms with Crippen molar-refractivity contribution < 1.29 is 9.59 Å². The smallest absolute Gasteiger partial charge is 0.325 e. The Bertz CT molecular complexity index is 365. The molecule has 0 bridgehead atoms. The van der Waals surface area contributed by atoms with Crippen molar-refractivity contribution in [2.24, 2.45) is 4.99 Å². The first-order chi connectivity index (χ1) is 8.95. The summed E-state index contributed by atoms with van der Waals surface area (Å²) in [6, 6.07) is -0.427. The van der Waals surface area contributed by atoms with Crippen LogP contribution in [0.4, 0.5) is 9.59 Å². The first-order valence-corrected chi connectivity index (χ1v) is 7.63. The second-order valence-corrected chi connectivity index (χ2v) is 5.53. The fourth-order valence-electron chi connectivity index (χ4n) is 1.60. The van der Waals surface area contributed by atoms with Crippen LogP contribution in [0.2, 0.25) is 0 Å². The van der Waals surface area contributed by atoms with Gasteiger partial charge in [-0.3, -0.25) is 5.32 Å². The molecule has 19 heavy (non-hydrogen) atoms. The second kappa shape index (κ2) is 7.37. The lowest BCUT2D eigenvalue weighted by atomic mass is 10.4. The van der Waals surface area contributed by atoms with E-state index < -0.39 is 0 Å². The number of amidine groups is 1. The first-order valence-electron chi connectivity index (χ1n) is 6.41. The van der Waals surface area contributed by atoms with Crippen LogP contribution < -0.4 is 5.32 Å². The van der Waals surface area contributed by atoms with Crippen LogP contribution in [0, 0.1) is 0 Å². The van der Waals surface area contributed by atoms with Crippen molar-refractivity contribution in [1.29, 1.82) is 0 Å². The van der Waals surface area contributed by atoms with Gasteiger partial charge < -0.3 is 9.80 Å². The highest BCUT2D eigenvalue weighted by atomic mass is 32.2. The number of nitrogens with one attached hydrogen (secondary N) is 1. The minimum atomic E-state index is -0.269. The average molecular weight is 286 g/mol. The van der Waals surface area contributed by atoms with E-state index in [0.29, 0.717) is 5.17 Å². The topological polar surface area (TPSA) is 65.0 Å². The molecule has 0 atom stereocenters. The summed E-state index contributed by atoms with van der Waals surface area (Å²) in [5.41, 5.74) is 0. The number of hydrogen-bond donors (Lipinski definition) is 1. The summed E-state index contributed by atoms with van der Waals surface area (Å²) >= 11 is 1.26. The summed E-state index contributed by atoms with van der Waals surface area (Å²) in [6.45, 7) is 5.35. The van der Waals surface area contributed by atoms with E-state index in [0.717, 1.165) is 25.9 Å². The van der Waals surface area contributed by atoms with Crippen molar-refractivity contribution in [3.05, 3.63) is 0 Å². The first kappa shape index (κ1) is 15.8. The Morgan fingerprint density at radius 1 is 1.32 bits per heavy atom. The van der Waals surface area contributed by atoms with E-state index in [1.165, 1.54) is 11.8 Å². The van der Waals surface area contributed by atoms with Gasteiger partial charge in [-0.25, -0.2) is 9.59 Å². The molecule has 1 rings (SSSR count). The number of likely N-dealkylation sites (tertiary alicyclic amines) is 1. The highest BCUT2D eigenvalue weighted by molar-refractivity contribution is 8.13. The van der Waals surface area contributed by atoms with Gasteiger partial charge in [0.25, 0.3) is 0 Å². The fraction of sp³-hybridized carbons (Fsp3) is 0.750. The van der Waals surface area contributed by atoms with E-state index >= 15 is 0 Å². The summed E-state index contributed by atoms with van der Waals surface area (Å²) in [5.74, 6) is 0. The Hall–Kier alpha value is -1.24. The number of nitrogens with zero attached hydrogens (tertiary/aromatic N) is 3. The highest BCUT2D eigenvalue weighted by Gasteiger charge is 2.19. The average Bonchev–Trinajstić information content (AvgIpc) is 2.90. The maximum absolute atomic E-state index is 11.9. The molecule has 7 heteroatoms. The van der Waals surface area contributed by atoms with Crippen LogP contribution in [0.3, 0.4) is 0 Å². The maximum Gasteiger partial charge on any atom is 0.345 e. The van der Waals surface area contributed by atoms with Crippen LogP contribution in [-0.4, -0.2) is 59.5 Å². The molecule has 1 saturated heterocycles. The van der Waals surface area contributed by atoms with Gasteiger partial charge in [-0.05, 0) is 32.9 Å². The van der Waals surface area contributed by atoms with Crippen LogP contribution >= 0.6 is 11.8 Å². The highest BCUT2D eigenvalue weighted by Crippen LogP contribution is 2.10. The minimum absolute atomic E-state index is 0.0948. The molecule has 108 valence electrons. The molecule has 1 N–H and O–H groups in total. The van der Waals surface area contributed by atoms with Crippen LogP contribution in [0.25, 0.3) is 0 Å². The van der Waals surface area contributed by atoms with Gasteiger partial charge in [0, 0.05) is 26.2 Å². The van der Waals surface area contributed by atoms with E-state index in [-0.39, 0.29) is 18.1 Å². The number of urea groups is 2. The Kier molecular flexibility index (Phi) is 6.14. The lowest BCUT2D eigenvalue weighted by Gasteiger charge is -2.22. The molecule has 1 aliphatic heterocycles. The third-order valence-electron chi connectivity index (χ3n) is 3.08. The molecule has 0 aromatic heterocycles. The molecule has 0 spiro atoms. The van der Waals surface area contributed by atoms with Crippen molar-refractivity contribution in [2.75, 3.05) is 26.4 Å². The van der Waals surface area contributed by atoms with Crippen LogP contribution in [0.1, 0.15) is 26.7 Å². The van der Waals surface area contributed by atoms with Gasteiger partial charge in [-0.1, -0.05) is 11.8 Å². The van der Waals surface area contributed by atoms with Crippen molar-refractivity contribution in [3.63, 3.8) is 0 Å². The summed E-state index contributed by atoms with van der Waals surface area (Å²) in [7, 11) is 1.71. The zero-order valence-corrected chi connectivity index (χ0v) is 12.8. The van der Waals surface area contributed by atoms with Gasteiger partial charge >= 0.3 is 12.1 Å². The minimum Gasteiger partial charge on any atom is -0.325 e. The van der Waals surface area contributed by atoms with Crippen molar-refractivity contribution in [1.82, 2.24) is 15.1 Å². The summed E-state index contributed by atoms with van der Waals surface area (Å²) < 4.78 is 0. The molecule has 0 aromatic carbocycles. The van der Waals surface area contributed by atoms with Gasteiger partial charge in [-0.15, -0.1) is 0 Å². The van der Waals surface area contributed by atoms with E-state index in [1.54, 1.807) is 23.1 Å². The summed E-state index contributed by atoms with van der Waals surface area (Å²) in [4.78, 5) is 30.9. The molecule has 1 aliphatic rings. The Labute approximate surface area is 118 Å². The second-order valence-electron chi connectivity index (χ2n) is 4.73. The monoisotopic (exact) mass is 286 g/mol. The van der Waals surface area contributed by atoms with Gasteiger partial charge in [0.15, 0.2) is 5.17 Å². The molecule has 0 aliphatic carbocycles. The standard InChI is InChI=1S/C12H22N4O2S/c1-9(2)15(3)11(17)13-10(19-4)14-12(18)16-7-5-6-8-16/h9H,5-8H2,1-4H3,(H,13,14,17,18). The van der Waals surface area contributed by atoms with Crippen LogP contribution in [-0.2, 0) is 0 Å². The van der Waals surface area contributed by atoms with Crippen molar-refractivity contribution in [2.45, 2.75) is 32.7 Å². The molecule has 0 radical (unpaired) electrons. The van der Waals surface area contributed by atoms with E-state index in [9.17, 15) is 9.59 Å². The van der Waals surface area contributed by atoms with Gasteiger partial charge in [0.2, 0.25) is 0 Å². The summed E-state index contributed by atoms with van der Waals surface area (Å²) in [5, 5.41) is 3.00. The number of aliphatic imine (C=N–C) groups is 1. The zero-order valence-electron chi connectivity index (χ0n) is 12.0. The number of rotatable bonds is 1. The lowest BCUT2D eigenvalue weighted by molar-refractivity contribution is 0.203. The SMILES string of the molecule is CSC(=NC(=O)N1CCCC1)NC(=O)N(C)C(C)C. The van der Waals surface area contributed by atoms with E-state index in [4.69, 9.17) is 0 Å². The third-order valence-corrected chi connectivity index (χ3v) is 3.66. The molecule has 1 fully saturated rings. The number of thioether (sulfide) groups is 1. The Morgan fingerprint density at radius 2 is 1.89 bits per heavy atom. The van der Waals surface area contributed by atoms with Crippen molar-refractivity contribution >= 4 is 29.0 Å². The predicted octanol–water partition coefficient (Wildman–Crippen LogP) is 1.97. The van der Waals surface area contributed by atoms with E-state index in [1.807, 2.05) is 13.8 Å². The molecule has 1 heterocycles. The van der Waals surface area contributed by atoms with E-state index in [2.05, 4.69) is 10.3 Å². The van der Waals surface area contributed by atoms with Crippen LogP contribution in [0.15, 0.2) is 4.99 Å². The number of amides is 4. The largest absolute Gasteiger partial charge is 0.345 e. The van der Waals surface area contributed by atoms with Gasteiger partial charge in [0.05, 0.1) is 0 Å². The maximum atomic E-state index is 11.9. The molecule has 0 saturated carbocycles. The molecule has 4 amide bonds. The van der Waals surface area contributed by atoms with Gasteiger partial charge in [0.1, 0.15) is 0 Å². The number of carbonyl (C=O) groups excluding carboxylic acids is 2. The fourth-order valence-corrected chi connectivity index (χ4v) is 1.96. The lowest BCUT2D eigenvalue weighted by Crippen LogP contribution is -2.43. The zero-order chi connectivity index (χ0) is 14.4.